The molecule has 174 valence electrons. The average Bonchev–Trinajstić information content (AvgIpc) is 2.76. The predicted octanol–water partition coefficient (Wildman–Crippen LogP) is 5.05. The summed E-state index contributed by atoms with van der Waals surface area (Å²) >= 11 is 0. The lowest BCUT2D eigenvalue weighted by molar-refractivity contribution is -0.116. The second-order valence-corrected chi connectivity index (χ2v) is 10.2. The van der Waals surface area contributed by atoms with Gasteiger partial charge in [0.25, 0.3) is 0 Å². The van der Waals surface area contributed by atoms with Gasteiger partial charge in [0.1, 0.15) is 0 Å². The standard InChI is InChI=1S/C27H32N2O3S/c1-5-24-13-9-10-14-25(24)28-26(30)19-29(16-15-23-11-7-6-8-12-23)33(31,32)27-21(3)17-20(2)18-22(27)4/h6-14,17-18H,5,15-16,19H2,1-4H3,(H,28,30). The van der Waals surface area contributed by atoms with Gasteiger partial charge in [0, 0.05) is 12.2 Å². The molecule has 1 amide bonds. The van der Waals surface area contributed by atoms with Crippen LogP contribution in [0, 0.1) is 20.8 Å². The number of rotatable bonds is 9. The monoisotopic (exact) mass is 464 g/mol. The Morgan fingerprint density at radius 2 is 1.52 bits per heavy atom. The first-order chi connectivity index (χ1) is 15.7. The number of sulfonamides is 1. The Bertz CT molecular complexity index is 1200. The summed E-state index contributed by atoms with van der Waals surface area (Å²) in [7, 11) is -3.88. The SMILES string of the molecule is CCc1ccccc1NC(=O)CN(CCc1ccccc1)S(=O)(=O)c1c(C)cc(C)cc1C. The molecule has 0 bridgehead atoms. The third-order valence-electron chi connectivity index (χ3n) is 5.69. The van der Waals surface area contributed by atoms with E-state index < -0.39 is 10.0 Å². The van der Waals surface area contributed by atoms with Crippen LogP contribution in [0.5, 0.6) is 0 Å². The van der Waals surface area contributed by atoms with Crippen LogP contribution in [0.15, 0.2) is 71.6 Å². The van der Waals surface area contributed by atoms with Gasteiger partial charge in [-0.15, -0.1) is 0 Å². The molecule has 5 nitrogen and oxygen atoms in total. The fraction of sp³-hybridized carbons (Fsp3) is 0.296. The zero-order valence-corrected chi connectivity index (χ0v) is 20.6. The van der Waals surface area contributed by atoms with Gasteiger partial charge in [-0.1, -0.05) is 73.2 Å². The molecule has 0 atom stereocenters. The Balaban J connectivity index is 1.91. The highest BCUT2D eigenvalue weighted by atomic mass is 32.2. The number of carbonyl (C=O) groups is 1. The Labute approximate surface area is 197 Å². The van der Waals surface area contributed by atoms with Crippen molar-refractivity contribution < 1.29 is 13.2 Å². The largest absolute Gasteiger partial charge is 0.325 e. The van der Waals surface area contributed by atoms with Crippen molar-refractivity contribution in [3.05, 3.63) is 94.5 Å². The molecule has 3 aromatic carbocycles. The minimum absolute atomic E-state index is 0.210. The van der Waals surface area contributed by atoms with Gasteiger partial charge in [0.2, 0.25) is 15.9 Å². The third kappa shape index (κ3) is 6.09. The van der Waals surface area contributed by atoms with Crippen molar-refractivity contribution in [2.24, 2.45) is 0 Å². The smallest absolute Gasteiger partial charge is 0.244 e. The van der Waals surface area contributed by atoms with Gasteiger partial charge in [-0.25, -0.2) is 8.42 Å². The van der Waals surface area contributed by atoms with E-state index in [0.717, 1.165) is 23.1 Å². The van der Waals surface area contributed by atoms with Crippen LogP contribution in [0.2, 0.25) is 0 Å². The quantitative estimate of drug-likeness (QED) is 0.482. The second-order valence-electron chi connectivity index (χ2n) is 8.36. The molecule has 0 saturated heterocycles. The van der Waals surface area contributed by atoms with Crippen LogP contribution in [-0.4, -0.2) is 31.7 Å². The molecule has 0 radical (unpaired) electrons. The number of hydrogen-bond acceptors (Lipinski definition) is 3. The number of para-hydroxylation sites is 1. The fourth-order valence-electron chi connectivity index (χ4n) is 4.19. The summed E-state index contributed by atoms with van der Waals surface area (Å²) in [6.07, 6.45) is 1.29. The van der Waals surface area contributed by atoms with E-state index in [4.69, 9.17) is 0 Å². The number of aryl methyl sites for hydroxylation is 4. The van der Waals surface area contributed by atoms with Crippen molar-refractivity contribution in [2.75, 3.05) is 18.4 Å². The van der Waals surface area contributed by atoms with Crippen LogP contribution in [0.4, 0.5) is 5.69 Å². The van der Waals surface area contributed by atoms with Gasteiger partial charge in [0.15, 0.2) is 0 Å². The lowest BCUT2D eigenvalue weighted by Crippen LogP contribution is -2.40. The van der Waals surface area contributed by atoms with Gasteiger partial charge in [-0.05, 0) is 61.9 Å². The molecule has 0 heterocycles. The van der Waals surface area contributed by atoms with Crippen molar-refractivity contribution in [3.8, 4) is 0 Å². The molecule has 0 unspecified atom stereocenters. The summed E-state index contributed by atoms with van der Waals surface area (Å²) in [6.45, 7) is 7.54. The summed E-state index contributed by atoms with van der Waals surface area (Å²) in [5.74, 6) is -0.352. The predicted molar refractivity (Wildman–Crippen MR) is 134 cm³/mol. The summed E-state index contributed by atoms with van der Waals surface area (Å²) in [4.78, 5) is 13.3. The van der Waals surface area contributed by atoms with E-state index in [9.17, 15) is 13.2 Å². The summed E-state index contributed by atoms with van der Waals surface area (Å²) in [5, 5.41) is 2.91. The molecule has 0 aliphatic heterocycles. The molecule has 0 saturated carbocycles. The number of anilines is 1. The number of benzene rings is 3. The maximum Gasteiger partial charge on any atom is 0.244 e. The molecule has 1 N–H and O–H groups in total. The minimum Gasteiger partial charge on any atom is -0.325 e. The van der Waals surface area contributed by atoms with Gasteiger partial charge in [-0.2, -0.15) is 4.31 Å². The minimum atomic E-state index is -3.88. The Morgan fingerprint density at radius 1 is 0.909 bits per heavy atom. The van der Waals surface area contributed by atoms with Gasteiger partial charge < -0.3 is 5.32 Å². The van der Waals surface area contributed by atoms with Crippen molar-refractivity contribution in [3.63, 3.8) is 0 Å². The van der Waals surface area contributed by atoms with Gasteiger partial charge >= 0.3 is 0 Å². The highest BCUT2D eigenvalue weighted by Gasteiger charge is 2.29. The molecule has 3 rings (SSSR count). The number of nitrogens with zero attached hydrogens (tertiary/aromatic N) is 1. The topological polar surface area (TPSA) is 66.5 Å². The van der Waals surface area contributed by atoms with Crippen LogP contribution in [0.1, 0.15) is 34.7 Å². The van der Waals surface area contributed by atoms with Crippen LogP contribution in [0.3, 0.4) is 0 Å². The van der Waals surface area contributed by atoms with Crippen molar-refractivity contribution in [2.45, 2.75) is 45.4 Å². The highest BCUT2D eigenvalue weighted by Crippen LogP contribution is 2.26. The zero-order valence-electron chi connectivity index (χ0n) is 19.8. The van der Waals surface area contributed by atoms with E-state index in [2.05, 4.69) is 5.32 Å². The molecule has 3 aromatic rings. The first-order valence-electron chi connectivity index (χ1n) is 11.2. The molecular formula is C27H32N2O3S. The maximum atomic E-state index is 13.8. The lowest BCUT2D eigenvalue weighted by Gasteiger charge is -2.24. The Hall–Kier alpha value is -2.96. The van der Waals surface area contributed by atoms with E-state index in [0.29, 0.717) is 23.2 Å². The molecule has 0 spiro atoms. The van der Waals surface area contributed by atoms with Crippen molar-refractivity contribution in [1.82, 2.24) is 4.31 Å². The van der Waals surface area contributed by atoms with E-state index >= 15 is 0 Å². The molecule has 0 aliphatic carbocycles. The second kappa shape index (κ2) is 10.8. The van der Waals surface area contributed by atoms with E-state index in [-0.39, 0.29) is 23.9 Å². The van der Waals surface area contributed by atoms with Crippen LogP contribution < -0.4 is 5.32 Å². The van der Waals surface area contributed by atoms with Gasteiger partial charge in [0.05, 0.1) is 11.4 Å². The zero-order chi connectivity index (χ0) is 24.0. The van der Waals surface area contributed by atoms with Crippen LogP contribution >= 0.6 is 0 Å². The number of amides is 1. The Kier molecular flexibility index (Phi) is 8.06. The fourth-order valence-corrected chi connectivity index (χ4v) is 5.99. The molecule has 0 aromatic heterocycles. The molecule has 6 heteroatoms. The summed E-state index contributed by atoms with van der Waals surface area (Å²) < 4.78 is 28.8. The molecule has 0 aliphatic rings. The number of nitrogens with one attached hydrogen (secondary N) is 1. The number of hydrogen-bond donors (Lipinski definition) is 1. The summed E-state index contributed by atoms with van der Waals surface area (Å²) in [6, 6.07) is 21.0. The first-order valence-corrected chi connectivity index (χ1v) is 12.7. The van der Waals surface area contributed by atoms with Crippen molar-refractivity contribution in [1.29, 1.82) is 0 Å². The molecular weight excluding hydrogens is 432 g/mol. The first kappa shape index (κ1) is 24.7. The van der Waals surface area contributed by atoms with Crippen molar-refractivity contribution >= 4 is 21.6 Å². The maximum absolute atomic E-state index is 13.8. The average molecular weight is 465 g/mol. The van der Waals surface area contributed by atoms with E-state index in [1.165, 1.54) is 4.31 Å². The highest BCUT2D eigenvalue weighted by molar-refractivity contribution is 7.89. The van der Waals surface area contributed by atoms with E-state index in [1.807, 2.05) is 80.6 Å². The number of carbonyl (C=O) groups excluding carboxylic acids is 1. The molecule has 33 heavy (non-hydrogen) atoms. The third-order valence-corrected chi connectivity index (χ3v) is 7.84. The lowest BCUT2D eigenvalue weighted by atomic mass is 10.1. The van der Waals surface area contributed by atoms with Crippen LogP contribution in [0.25, 0.3) is 0 Å². The normalized spacial score (nSPS) is 11.5. The van der Waals surface area contributed by atoms with Crippen LogP contribution in [-0.2, 0) is 27.7 Å². The Morgan fingerprint density at radius 3 is 2.15 bits per heavy atom. The van der Waals surface area contributed by atoms with E-state index in [1.54, 1.807) is 13.8 Å². The summed E-state index contributed by atoms with van der Waals surface area (Å²) in [5.41, 5.74) is 5.13. The van der Waals surface area contributed by atoms with Gasteiger partial charge in [-0.3, -0.25) is 4.79 Å². The molecule has 0 fully saturated rings.